The van der Waals surface area contributed by atoms with Gasteiger partial charge in [0.2, 0.25) is 5.91 Å². The third kappa shape index (κ3) is 3.16. The van der Waals surface area contributed by atoms with Crippen LogP contribution in [-0.4, -0.2) is 42.0 Å². The Morgan fingerprint density at radius 1 is 1.46 bits per heavy atom. The first-order valence-corrected chi connectivity index (χ1v) is 5.16. The Morgan fingerprint density at radius 3 is 2.46 bits per heavy atom. The number of ether oxygens (including phenoxy) is 1. The predicted octanol–water partition coefficient (Wildman–Crippen LogP) is 1.25. The Morgan fingerprint density at radius 2 is 2.00 bits per heavy atom. The van der Waals surface area contributed by atoms with Gasteiger partial charge in [0, 0.05) is 25.4 Å². The average molecular weight is 206 g/mol. The molecule has 0 aromatic carbocycles. The summed E-state index contributed by atoms with van der Waals surface area (Å²) < 4.78 is 5.52. The molecule has 0 aliphatic carbocycles. The first-order chi connectivity index (χ1) is 6.13. The van der Waals surface area contributed by atoms with E-state index < -0.39 is 0 Å². The van der Waals surface area contributed by atoms with Crippen LogP contribution in [0, 0.1) is 0 Å². The summed E-state index contributed by atoms with van der Waals surface area (Å²) in [5.74, 6) is 0.538. The number of amides is 1. The van der Waals surface area contributed by atoms with E-state index in [4.69, 9.17) is 16.3 Å². The molecule has 1 aliphatic rings. The van der Waals surface area contributed by atoms with Gasteiger partial charge in [-0.3, -0.25) is 4.79 Å². The van der Waals surface area contributed by atoms with Gasteiger partial charge in [0.05, 0.1) is 12.2 Å². The lowest BCUT2D eigenvalue weighted by Crippen LogP contribution is -2.48. The molecule has 1 rings (SSSR count). The molecular weight excluding hydrogens is 190 g/mol. The highest BCUT2D eigenvalue weighted by molar-refractivity contribution is 6.18. The van der Waals surface area contributed by atoms with Crippen LogP contribution in [-0.2, 0) is 9.53 Å². The van der Waals surface area contributed by atoms with Crippen molar-refractivity contribution in [2.45, 2.75) is 32.5 Å². The fraction of sp³-hybridized carbons (Fsp3) is 0.889. The molecule has 1 saturated heterocycles. The van der Waals surface area contributed by atoms with E-state index in [2.05, 4.69) is 0 Å². The van der Waals surface area contributed by atoms with Crippen LogP contribution in [0.5, 0.6) is 0 Å². The zero-order valence-corrected chi connectivity index (χ0v) is 8.88. The molecule has 0 bridgehead atoms. The maximum absolute atomic E-state index is 11.5. The number of hydrogen-bond donors (Lipinski definition) is 0. The zero-order valence-electron chi connectivity index (χ0n) is 8.12. The molecule has 0 saturated carbocycles. The van der Waals surface area contributed by atoms with E-state index in [9.17, 15) is 4.79 Å². The van der Waals surface area contributed by atoms with Crippen LogP contribution < -0.4 is 0 Å². The third-order valence-electron chi connectivity index (χ3n) is 2.08. The van der Waals surface area contributed by atoms with Crippen molar-refractivity contribution in [3.05, 3.63) is 0 Å². The standard InChI is InChI=1S/C9H16ClNO2/c1-7-5-11(6-8(2)13-7)9(12)3-4-10/h7-8H,3-6H2,1-2H3/t7-,8-/m0/s1. The average Bonchev–Trinajstić information content (AvgIpc) is 2.03. The van der Waals surface area contributed by atoms with Crippen LogP contribution in [0.3, 0.4) is 0 Å². The maximum atomic E-state index is 11.5. The molecule has 0 unspecified atom stereocenters. The molecule has 2 atom stereocenters. The van der Waals surface area contributed by atoms with Crippen molar-refractivity contribution in [2.24, 2.45) is 0 Å². The van der Waals surface area contributed by atoms with Gasteiger partial charge < -0.3 is 9.64 Å². The SMILES string of the molecule is C[C@H]1CN(C(=O)CCCl)C[C@H](C)O1. The summed E-state index contributed by atoms with van der Waals surface area (Å²) >= 11 is 5.51. The minimum Gasteiger partial charge on any atom is -0.372 e. The molecule has 1 heterocycles. The Hall–Kier alpha value is -0.280. The van der Waals surface area contributed by atoms with Crippen molar-refractivity contribution < 1.29 is 9.53 Å². The fourth-order valence-corrected chi connectivity index (χ4v) is 1.78. The van der Waals surface area contributed by atoms with E-state index in [0.29, 0.717) is 25.4 Å². The van der Waals surface area contributed by atoms with Gasteiger partial charge in [-0.05, 0) is 13.8 Å². The van der Waals surface area contributed by atoms with Gasteiger partial charge in [-0.1, -0.05) is 0 Å². The number of carbonyl (C=O) groups is 1. The monoisotopic (exact) mass is 205 g/mol. The minimum atomic E-state index is 0.136. The zero-order chi connectivity index (χ0) is 9.84. The number of morpholine rings is 1. The summed E-state index contributed by atoms with van der Waals surface area (Å²) in [6, 6.07) is 0. The van der Waals surface area contributed by atoms with Crippen LogP contribution in [0.2, 0.25) is 0 Å². The minimum absolute atomic E-state index is 0.136. The number of alkyl halides is 1. The molecule has 13 heavy (non-hydrogen) atoms. The highest BCUT2D eigenvalue weighted by Crippen LogP contribution is 2.11. The van der Waals surface area contributed by atoms with Crippen molar-refractivity contribution >= 4 is 17.5 Å². The molecular formula is C9H16ClNO2. The van der Waals surface area contributed by atoms with Gasteiger partial charge >= 0.3 is 0 Å². The Labute approximate surface area is 84.0 Å². The molecule has 1 aliphatic heterocycles. The number of hydrogen-bond acceptors (Lipinski definition) is 2. The lowest BCUT2D eigenvalue weighted by Gasteiger charge is -2.35. The summed E-state index contributed by atoms with van der Waals surface area (Å²) in [5.41, 5.74) is 0. The predicted molar refractivity (Wildman–Crippen MR) is 51.9 cm³/mol. The van der Waals surface area contributed by atoms with Crippen molar-refractivity contribution in [3.8, 4) is 0 Å². The van der Waals surface area contributed by atoms with Crippen molar-refractivity contribution in [3.63, 3.8) is 0 Å². The second-order valence-electron chi connectivity index (χ2n) is 3.50. The van der Waals surface area contributed by atoms with Crippen LogP contribution >= 0.6 is 11.6 Å². The fourth-order valence-electron chi connectivity index (χ4n) is 1.62. The van der Waals surface area contributed by atoms with Crippen LogP contribution in [0.1, 0.15) is 20.3 Å². The smallest absolute Gasteiger partial charge is 0.223 e. The quantitative estimate of drug-likeness (QED) is 0.636. The lowest BCUT2D eigenvalue weighted by molar-refractivity contribution is -0.142. The van der Waals surface area contributed by atoms with Crippen molar-refractivity contribution in [2.75, 3.05) is 19.0 Å². The highest BCUT2D eigenvalue weighted by atomic mass is 35.5. The Bertz CT molecular complexity index is 176. The summed E-state index contributed by atoms with van der Waals surface area (Å²) in [4.78, 5) is 13.3. The lowest BCUT2D eigenvalue weighted by atomic mass is 10.2. The molecule has 1 amide bonds. The normalized spacial score (nSPS) is 29.0. The van der Waals surface area contributed by atoms with Gasteiger partial charge in [0.25, 0.3) is 0 Å². The van der Waals surface area contributed by atoms with Gasteiger partial charge in [0.15, 0.2) is 0 Å². The Balaban J connectivity index is 2.45. The molecule has 1 fully saturated rings. The molecule has 0 spiro atoms. The van der Waals surface area contributed by atoms with Crippen molar-refractivity contribution in [1.82, 2.24) is 4.90 Å². The summed E-state index contributed by atoms with van der Waals surface area (Å²) in [7, 11) is 0. The molecule has 3 nitrogen and oxygen atoms in total. The number of carbonyl (C=O) groups excluding carboxylic acids is 1. The molecule has 76 valence electrons. The van der Waals surface area contributed by atoms with Crippen LogP contribution in [0.15, 0.2) is 0 Å². The van der Waals surface area contributed by atoms with Gasteiger partial charge in [-0.15, -0.1) is 11.6 Å². The second kappa shape index (κ2) is 4.82. The summed E-state index contributed by atoms with van der Waals surface area (Å²) in [6.07, 6.45) is 0.715. The van der Waals surface area contributed by atoms with Gasteiger partial charge in [0.1, 0.15) is 0 Å². The maximum Gasteiger partial charge on any atom is 0.223 e. The van der Waals surface area contributed by atoms with E-state index in [1.165, 1.54) is 0 Å². The topological polar surface area (TPSA) is 29.5 Å². The van der Waals surface area contributed by atoms with E-state index in [1.807, 2.05) is 18.7 Å². The molecule has 0 aromatic rings. The second-order valence-corrected chi connectivity index (χ2v) is 3.87. The van der Waals surface area contributed by atoms with E-state index >= 15 is 0 Å². The van der Waals surface area contributed by atoms with E-state index in [1.54, 1.807) is 0 Å². The number of nitrogens with zero attached hydrogens (tertiary/aromatic N) is 1. The van der Waals surface area contributed by atoms with Gasteiger partial charge in [-0.2, -0.15) is 0 Å². The van der Waals surface area contributed by atoms with E-state index in [-0.39, 0.29) is 18.1 Å². The first kappa shape index (κ1) is 10.8. The largest absolute Gasteiger partial charge is 0.372 e. The molecule has 4 heteroatoms. The number of halogens is 1. The van der Waals surface area contributed by atoms with Gasteiger partial charge in [-0.25, -0.2) is 0 Å². The summed E-state index contributed by atoms with van der Waals surface area (Å²) in [6.45, 7) is 5.35. The van der Waals surface area contributed by atoms with Crippen LogP contribution in [0.4, 0.5) is 0 Å². The van der Waals surface area contributed by atoms with Crippen LogP contribution in [0.25, 0.3) is 0 Å². The molecule has 0 aromatic heterocycles. The van der Waals surface area contributed by atoms with Crippen molar-refractivity contribution in [1.29, 1.82) is 0 Å². The summed E-state index contributed by atoms with van der Waals surface area (Å²) in [5, 5.41) is 0. The Kier molecular flexibility index (Phi) is 4.00. The molecule has 0 N–H and O–H groups in total. The first-order valence-electron chi connectivity index (χ1n) is 4.62. The third-order valence-corrected chi connectivity index (χ3v) is 2.27. The molecule has 0 radical (unpaired) electrons. The highest BCUT2D eigenvalue weighted by Gasteiger charge is 2.24. The number of rotatable bonds is 2. The van der Waals surface area contributed by atoms with E-state index in [0.717, 1.165) is 0 Å².